The lowest BCUT2D eigenvalue weighted by Crippen LogP contribution is -2.28. The molecule has 1 saturated carbocycles. The minimum atomic E-state index is 0.135. The Kier molecular flexibility index (Phi) is 6.53. The number of likely N-dealkylation sites (N-methyl/N-ethyl adjacent to an activating group) is 1. The molecular formula is C17H26BrNO. The number of nitrogens with one attached hydrogen (secondary N) is 1. The van der Waals surface area contributed by atoms with Gasteiger partial charge in [0.1, 0.15) is 0 Å². The fraction of sp³-hybridized carbons (Fsp3) is 0.647. The van der Waals surface area contributed by atoms with E-state index in [1.807, 2.05) is 7.05 Å². The van der Waals surface area contributed by atoms with Crippen molar-refractivity contribution in [2.45, 2.75) is 51.2 Å². The van der Waals surface area contributed by atoms with Crippen LogP contribution in [0.5, 0.6) is 0 Å². The van der Waals surface area contributed by atoms with E-state index in [9.17, 15) is 0 Å². The fourth-order valence-electron chi connectivity index (χ4n) is 3.12. The van der Waals surface area contributed by atoms with Crippen LogP contribution in [-0.2, 0) is 4.74 Å². The Balaban J connectivity index is 2.04. The van der Waals surface area contributed by atoms with E-state index in [-0.39, 0.29) is 6.10 Å². The van der Waals surface area contributed by atoms with Crippen LogP contribution in [0.15, 0.2) is 28.7 Å². The van der Waals surface area contributed by atoms with Crippen molar-refractivity contribution in [2.24, 2.45) is 5.92 Å². The highest BCUT2D eigenvalue weighted by molar-refractivity contribution is 9.10. The molecule has 3 atom stereocenters. The molecule has 0 heterocycles. The first-order valence-electron chi connectivity index (χ1n) is 7.79. The zero-order valence-corrected chi connectivity index (χ0v) is 14.2. The van der Waals surface area contributed by atoms with Crippen LogP contribution >= 0.6 is 15.9 Å². The van der Waals surface area contributed by atoms with E-state index in [2.05, 4.69) is 52.4 Å². The van der Waals surface area contributed by atoms with E-state index < -0.39 is 0 Å². The molecule has 112 valence electrons. The highest BCUT2D eigenvalue weighted by atomic mass is 79.9. The minimum absolute atomic E-state index is 0.135. The summed E-state index contributed by atoms with van der Waals surface area (Å²) in [5.41, 5.74) is 1.25. The fourth-order valence-corrected chi connectivity index (χ4v) is 3.66. The molecule has 3 heteroatoms. The predicted octanol–water partition coefficient (Wildman–Crippen LogP) is 4.70. The third kappa shape index (κ3) is 4.31. The molecule has 1 aliphatic carbocycles. The number of hydrogen-bond donors (Lipinski definition) is 1. The zero-order chi connectivity index (χ0) is 14.4. The number of rotatable bonds is 6. The van der Waals surface area contributed by atoms with E-state index in [1.54, 1.807) is 0 Å². The first-order chi connectivity index (χ1) is 9.74. The molecule has 0 bridgehead atoms. The quantitative estimate of drug-likeness (QED) is 0.811. The Bertz CT molecular complexity index is 410. The average Bonchev–Trinajstić information content (AvgIpc) is 2.47. The maximum atomic E-state index is 6.44. The van der Waals surface area contributed by atoms with Gasteiger partial charge in [-0.15, -0.1) is 0 Å². The maximum absolute atomic E-state index is 6.44. The zero-order valence-electron chi connectivity index (χ0n) is 12.6. The number of hydrogen-bond acceptors (Lipinski definition) is 2. The van der Waals surface area contributed by atoms with Crippen molar-refractivity contribution in [3.05, 3.63) is 34.3 Å². The SMILES string of the molecule is CCC1CCCC(OC(CNC)c2ccccc2Br)C1. The van der Waals surface area contributed by atoms with E-state index in [0.717, 1.165) is 16.9 Å². The number of ether oxygens (including phenoxy) is 1. The lowest BCUT2D eigenvalue weighted by molar-refractivity contribution is -0.0411. The van der Waals surface area contributed by atoms with Crippen LogP contribution in [-0.4, -0.2) is 19.7 Å². The monoisotopic (exact) mass is 339 g/mol. The molecule has 0 spiro atoms. The molecule has 1 N–H and O–H groups in total. The molecule has 0 aromatic heterocycles. The third-order valence-electron chi connectivity index (χ3n) is 4.31. The van der Waals surface area contributed by atoms with Crippen LogP contribution in [0, 0.1) is 5.92 Å². The summed E-state index contributed by atoms with van der Waals surface area (Å²) in [6.07, 6.45) is 6.96. The van der Waals surface area contributed by atoms with Gasteiger partial charge in [0.05, 0.1) is 12.2 Å². The Hall–Kier alpha value is -0.380. The average molecular weight is 340 g/mol. The summed E-state index contributed by atoms with van der Waals surface area (Å²) in [6.45, 7) is 3.15. The third-order valence-corrected chi connectivity index (χ3v) is 5.03. The summed E-state index contributed by atoms with van der Waals surface area (Å²) in [5.74, 6) is 0.850. The van der Waals surface area contributed by atoms with Crippen LogP contribution < -0.4 is 5.32 Å². The van der Waals surface area contributed by atoms with Gasteiger partial charge in [-0.3, -0.25) is 0 Å². The summed E-state index contributed by atoms with van der Waals surface area (Å²) in [5, 5.41) is 3.26. The summed E-state index contributed by atoms with van der Waals surface area (Å²) in [4.78, 5) is 0. The second kappa shape index (κ2) is 8.16. The Morgan fingerprint density at radius 3 is 2.85 bits per heavy atom. The molecule has 2 nitrogen and oxygen atoms in total. The molecule has 0 radical (unpaired) electrons. The highest BCUT2D eigenvalue weighted by Gasteiger charge is 2.25. The molecule has 1 fully saturated rings. The standard InChI is InChI=1S/C17H26BrNO/c1-3-13-7-6-8-14(11-13)20-17(12-19-2)15-9-4-5-10-16(15)18/h4-5,9-10,13-14,17,19H,3,6-8,11-12H2,1-2H3. The van der Waals surface area contributed by atoms with Crippen LogP contribution in [0.25, 0.3) is 0 Å². The van der Waals surface area contributed by atoms with Crippen LogP contribution in [0.4, 0.5) is 0 Å². The van der Waals surface area contributed by atoms with Crippen LogP contribution in [0.3, 0.4) is 0 Å². The lowest BCUT2D eigenvalue weighted by Gasteiger charge is -2.32. The lowest BCUT2D eigenvalue weighted by atomic mass is 9.85. The second-order valence-corrected chi connectivity index (χ2v) is 6.62. The molecule has 1 aromatic carbocycles. The summed E-state index contributed by atoms with van der Waals surface area (Å²) >= 11 is 3.65. The molecule has 0 saturated heterocycles. The van der Waals surface area contributed by atoms with E-state index in [1.165, 1.54) is 37.7 Å². The van der Waals surface area contributed by atoms with Gasteiger partial charge in [-0.05, 0) is 37.4 Å². The van der Waals surface area contributed by atoms with Gasteiger partial charge in [-0.25, -0.2) is 0 Å². The van der Waals surface area contributed by atoms with Crippen molar-refractivity contribution in [1.82, 2.24) is 5.32 Å². The maximum Gasteiger partial charge on any atom is 0.0963 e. The Morgan fingerprint density at radius 2 is 2.15 bits per heavy atom. The number of benzene rings is 1. The molecule has 20 heavy (non-hydrogen) atoms. The molecular weight excluding hydrogens is 314 g/mol. The van der Waals surface area contributed by atoms with Crippen molar-refractivity contribution < 1.29 is 4.74 Å². The largest absolute Gasteiger partial charge is 0.369 e. The molecule has 0 amide bonds. The van der Waals surface area contributed by atoms with Crippen molar-refractivity contribution in [3.8, 4) is 0 Å². The first-order valence-corrected chi connectivity index (χ1v) is 8.58. The van der Waals surface area contributed by atoms with Crippen LogP contribution in [0.1, 0.15) is 50.7 Å². The normalized spacial score (nSPS) is 24.6. The van der Waals surface area contributed by atoms with E-state index in [0.29, 0.717) is 6.10 Å². The molecule has 1 aromatic rings. The van der Waals surface area contributed by atoms with Gasteiger partial charge in [0, 0.05) is 11.0 Å². The highest BCUT2D eigenvalue weighted by Crippen LogP contribution is 2.33. The minimum Gasteiger partial charge on any atom is -0.369 e. The van der Waals surface area contributed by atoms with Gasteiger partial charge < -0.3 is 10.1 Å². The van der Waals surface area contributed by atoms with Gasteiger partial charge in [0.15, 0.2) is 0 Å². The van der Waals surface area contributed by atoms with Crippen molar-refractivity contribution in [3.63, 3.8) is 0 Å². The van der Waals surface area contributed by atoms with Gasteiger partial charge in [-0.1, -0.05) is 60.3 Å². The summed E-state index contributed by atoms with van der Waals surface area (Å²) in [7, 11) is 1.99. The molecule has 3 unspecified atom stereocenters. The molecule has 2 rings (SSSR count). The smallest absolute Gasteiger partial charge is 0.0963 e. The molecule has 0 aliphatic heterocycles. The van der Waals surface area contributed by atoms with Crippen molar-refractivity contribution >= 4 is 15.9 Å². The second-order valence-electron chi connectivity index (χ2n) is 5.77. The van der Waals surface area contributed by atoms with Gasteiger partial charge in [0.2, 0.25) is 0 Å². The predicted molar refractivity (Wildman–Crippen MR) is 87.9 cm³/mol. The van der Waals surface area contributed by atoms with E-state index in [4.69, 9.17) is 4.74 Å². The Morgan fingerprint density at radius 1 is 1.35 bits per heavy atom. The molecule has 1 aliphatic rings. The van der Waals surface area contributed by atoms with Gasteiger partial charge >= 0.3 is 0 Å². The Labute approximate surface area is 131 Å². The summed E-state index contributed by atoms with van der Waals surface area (Å²) in [6, 6.07) is 8.39. The topological polar surface area (TPSA) is 21.3 Å². The van der Waals surface area contributed by atoms with Crippen molar-refractivity contribution in [2.75, 3.05) is 13.6 Å². The first kappa shape index (κ1) is 16.0. The summed E-state index contributed by atoms with van der Waals surface area (Å²) < 4.78 is 7.58. The van der Waals surface area contributed by atoms with E-state index >= 15 is 0 Å². The van der Waals surface area contributed by atoms with Crippen molar-refractivity contribution in [1.29, 1.82) is 0 Å². The van der Waals surface area contributed by atoms with Crippen LogP contribution in [0.2, 0.25) is 0 Å². The van der Waals surface area contributed by atoms with Gasteiger partial charge in [-0.2, -0.15) is 0 Å². The number of halogens is 1. The van der Waals surface area contributed by atoms with Gasteiger partial charge in [0.25, 0.3) is 0 Å².